The maximum absolute atomic E-state index is 12.3. The smallest absolute Gasteiger partial charge is 0.317 e. The Morgan fingerprint density at radius 2 is 1.81 bits per heavy atom. The number of halogens is 1. The van der Waals surface area contributed by atoms with Crippen LogP contribution in [0.5, 0.6) is 11.5 Å². The number of piperazine rings is 1. The normalized spacial score (nSPS) is 14.0. The number of ether oxygens (including phenoxy) is 2. The summed E-state index contributed by atoms with van der Waals surface area (Å²) >= 11 is 6.06. The van der Waals surface area contributed by atoms with Gasteiger partial charge in [0.15, 0.2) is 11.5 Å². The van der Waals surface area contributed by atoms with Gasteiger partial charge in [-0.2, -0.15) is 0 Å². The van der Waals surface area contributed by atoms with Crippen molar-refractivity contribution in [2.24, 2.45) is 0 Å². The van der Waals surface area contributed by atoms with E-state index in [-0.39, 0.29) is 6.03 Å². The van der Waals surface area contributed by atoms with Gasteiger partial charge in [-0.25, -0.2) is 4.79 Å². The van der Waals surface area contributed by atoms with Crippen LogP contribution in [-0.4, -0.2) is 57.4 Å². The molecule has 0 saturated carbocycles. The molecule has 0 unspecified atom stereocenters. The van der Waals surface area contributed by atoms with Gasteiger partial charge in [0, 0.05) is 36.9 Å². The predicted octanol–water partition coefficient (Wildman–Crippen LogP) is 3.26. The molecule has 0 spiro atoms. The first-order chi connectivity index (χ1) is 13.2. The highest BCUT2D eigenvalue weighted by Crippen LogP contribution is 2.25. The van der Waals surface area contributed by atoms with Crippen molar-refractivity contribution in [1.29, 1.82) is 0 Å². The molecule has 0 atom stereocenters. The van der Waals surface area contributed by atoms with Gasteiger partial charge in [-0.1, -0.05) is 29.8 Å². The number of methoxy groups -OCH3 is 1. The van der Waals surface area contributed by atoms with Crippen LogP contribution < -0.4 is 19.7 Å². The van der Waals surface area contributed by atoms with E-state index in [2.05, 4.69) is 10.2 Å². The molecule has 0 aromatic heterocycles. The summed E-state index contributed by atoms with van der Waals surface area (Å²) in [6, 6.07) is 15.2. The molecule has 3 rings (SSSR count). The number of carbonyl (C=O) groups excluding carboxylic acids is 1. The van der Waals surface area contributed by atoms with Crippen molar-refractivity contribution in [1.82, 2.24) is 10.2 Å². The van der Waals surface area contributed by atoms with Crippen LogP contribution in [0, 0.1) is 0 Å². The maximum atomic E-state index is 12.3. The van der Waals surface area contributed by atoms with Crippen molar-refractivity contribution in [3.8, 4) is 11.5 Å². The second kappa shape index (κ2) is 9.37. The van der Waals surface area contributed by atoms with Crippen LogP contribution in [0.25, 0.3) is 0 Å². The van der Waals surface area contributed by atoms with Crippen LogP contribution >= 0.6 is 11.6 Å². The average Bonchev–Trinajstić information content (AvgIpc) is 2.71. The first kappa shape index (κ1) is 19.2. The first-order valence-electron chi connectivity index (χ1n) is 8.96. The SMILES string of the molecule is COc1ccccc1OCCNC(=O)N1CCN(c2cccc(Cl)c2)CC1. The number of anilines is 1. The quantitative estimate of drug-likeness (QED) is 0.770. The largest absolute Gasteiger partial charge is 0.493 e. The Morgan fingerprint density at radius 1 is 1.07 bits per heavy atom. The zero-order valence-corrected chi connectivity index (χ0v) is 16.1. The Morgan fingerprint density at radius 3 is 2.52 bits per heavy atom. The summed E-state index contributed by atoms with van der Waals surface area (Å²) in [5.74, 6) is 1.35. The van der Waals surface area contributed by atoms with Crippen molar-refractivity contribution in [2.75, 3.05) is 51.3 Å². The van der Waals surface area contributed by atoms with E-state index in [1.807, 2.05) is 53.4 Å². The molecule has 27 heavy (non-hydrogen) atoms. The molecule has 1 heterocycles. The molecule has 0 aliphatic carbocycles. The van der Waals surface area contributed by atoms with Gasteiger partial charge in [0.1, 0.15) is 6.61 Å². The van der Waals surface area contributed by atoms with Crippen molar-refractivity contribution in [3.05, 3.63) is 53.6 Å². The molecule has 2 aromatic rings. The van der Waals surface area contributed by atoms with Crippen LogP contribution in [0.3, 0.4) is 0 Å². The van der Waals surface area contributed by atoms with Gasteiger partial charge in [-0.15, -0.1) is 0 Å². The van der Waals surface area contributed by atoms with Crippen LogP contribution in [-0.2, 0) is 0 Å². The van der Waals surface area contributed by atoms with Crippen molar-refractivity contribution >= 4 is 23.3 Å². The minimum Gasteiger partial charge on any atom is -0.493 e. The lowest BCUT2D eigenvalue weighted by atomic mass is 10.2. The second-order valence-electron chi connectivity index (χ2n) is 6.19. The molecule has 1 aliphatic heterocycles. The van der Waals surface area contributed by atoms with E-state index >= 15 is 0 Å². The highest BCUT2D eigenvalue weighted by molar-refractivity contribution is 6.30. The minimum atomic E-state index is -0.0654. The van der Waals surface area contributed by atoms with Gasteiger partial charge < -0.3 is 24.6 Å². The molecular formula is C20H24ClN3O3. The lowest BCUT2D eigenvalue weighted by Gasteiger charge is -2.36. The number of para-hydroxylation sites is 2. The summed E-state index contributed by atoms with van der Waals surface area (Å²) in [6.45, 7) is 3.73. The third kappa shape index (κ3) is 5.20. The number of hydrogen-bond acceptors (Lipinski definition) is 4. The fourth-order valence-electron chi connectivity index (χ4n) is 3.01. The third-order valence-electron chi connectivity index (χ3n) is 4.45. The molecule has 1 N–H and O–H groups in total. The van der Waals surface area contributed by atoms with Crippen LogP contribution in [0.15, 0.2) is 48.5 Å². The lowest BCUT2D eigenvalue weighted by Crippen LogP contribution is -2.52. The molecule has 2 amide bonds. The molecule has 2 aromatic carbocycles. The van der Waals surface area contributed by atoms with E-state index in [9.17, 15) is 4.79 Å². The Hall–Kier alpha value is -2.60. The predicted molar refractivity (Wildman–Crippen MR) is 107 cm³/mol. The first-order valence-corrected chi connectivity index (χ1v) is 9.34. The molecule has 6 nitrogen and oxygen atoms in total. The number of nitrogens with one attached hydrogen (secondary N) is 1. The summed E-state index contributed by atoms with van der Waals surface area (Å²) in [4.78, 5) is 16.4. The second-order valence-corrected chi connectivity index (χ2v) is 6.62. The number of hydrogen-bond donors (Lipinski definition) is 1. The molecule has 1 fully saturated rings. The van der Waals surface area contributed by atoms with Crippen LogP contribution in [0.2, 0.25) is 5.02 Å². The Bertz CT molecular complexity index is 764. The fraction of sp³-hybridized carbons (Fsp3) is 0.350. The molecule has 0 bridgehead atoms. The summed E-state index contributed by atoms with van der Waals surface area (Å²) in [6.07, 6.45) is 0. The highest BCUT2D eigenvalue weighted by Gasteiger charge is 2.21. The highest BCUT2D eigenvalue weighted by atomic mass is 35.5. The zero-order chi connectivity index (χ0) is 19.1. The third-order valence-corrected chi connectivity index (χ3v) is 4.68. The summed E-state index contributed by atoms with van der Waals surface area (Å²) in [7, 11) is 1.60. The lowest BCUT2D eigenvalue weighted by molar-refractivity contribution is 0.191. The minimum absolute atomic E-state index is 0.0654. The van der Waals surface area contributed by atoms with Crippen molar-refractivity contribution < 1.29 is 14.3 Å². The molecule has 1 saturated heterocycles. The number of nitrogens with zero attached hydrogens (tertiary/aromatic N) is 2. The number of amides is 2. The monoisotopic (exact) mass is 389 g/mol. The molecular weight excluding hydrogens is 366 g/mol. The van der Waals surface area contributed by atoms with Gasteiger partial charge in [-0.3, -0.25) is 0 Å². The summed E-state index contributed by atoms with van der Waals surface area (Å²) < 4.78 is 10.9. The van der Waals surface area contributed by atoms with E-state index in [1.54, 1.807) is 7.11 Å². The zero-order valence-electron chi connectivity index (χ0n) is 15.4. The topological polar surface area (TPSA) is 54.0 Å². The molecule has 1 aliphatic rings. The van der Waals surface area contributed by atoms with E-state index in [0.717, 1.165) is 23.8 Å². The van der Waals surface area contributed by atoms with Crippen molar-refractivity contribution in [2.45, 2.75) is 0 Å². The van der Waals surface area contributed by atoms with Gasteiger partial charge in [0.2, 0.25) is 0 Å². The number of rotatable bonds is 6. The number of urea groups is 1. The maximum Gasteiger partial charge on any atom is 0.317 e. The number of carbonyl (C=O) groups is 1. The van der Waals surface area contributed by atoms with Gasteiger partial charge in [0.25, 0.3) is 0 Å². The average molecular weight is 390 g/mol. The molecule has 7 heteroatoms. The Balaban J connectivity index is 1.39. The standard InChI is InChI=1S/C20H24ClN3O3/c1-26-18-7-2-3-8-19(18)27-14-9-22-20(25)24-12-10-23(11-13-24)17-6-4-5-16(21)15-17/h2-8,15H,9-14H2,1H3,(H,22,25). The van der Waals surface area contributed by atoms with E-state index in [0.29, 0.717) is 37.7 Å². The summed E-state index contributed by atoms with van der Waals surface area (Å²) in [5.41, 5.74) is 1.09. The Kier molecular flexibility index (Phi) is 6.65. The van der Waals surface area contributed by atoms with E-state index < -0.39 is 0 Å². The molecule has 144 valence electrons. The Labute approximate surface area is 164 Å². The summed E-state index contributed by atoms with van der Waals surface area (Å²) in [5, 5.41) is 3.63. The van der Waals surface area contributed by atoms with Crippen molar-refractivity contribution in [3.63, 3.8) is 0 Å². The van der Waals surface area contributed by atoms with Crippen LogP contribution in [0.4, 0.5) is 10.5 Å². The van der Waals surface area contributed by atoms with Crippen LogP contribution in [0.1, 0.15) is 0 Å². The number of benzene rings is 2. The fourth-order valence-corrected chi connectivity index (χ4v) is 3.19. The molecule has 0 radical (unpaired) electrons. The van der Waals surface area contributed by atoms with E-state index in [4.69, 9.17) is 21.1 Å². The van der Waals surface area contributed by atoms with Gasteiger partial charge >= 0.3 is 6.03 Å². The van der Waals surface area contributed by atoms with Gasteiger partial charge in [0.05, 0.1) is 13.7 Å². The van der Waals surface area contributed by atoms with Gasteiger partial charge in [-0.05, 0) is 30.3 Å². The van der Waals surface area contributed by atoms with E-state index in [1.165, 1.54) is 0 Å².